The minimum atomic E-state index is -0.593. The summed E-state index contributed by atoms with van der Waals surface area (Å²) in [5, 5.41) is 2.94. The maximum Gasteiger partial charge on any atom is 0.253 e. The first kappa shape index (κ1) is 20.7. The van der Waals surface area contributed by atoms with Crippen LogP contribution >= 0.6 is 0 Å². The van der Waals surface area contributed by atoms with Crippen LogP contribution in [-0.4, -0.2) is 36.7 Å². The number of para-hydroxylation sites is 1. The van der Waals surface area contributed by atoms with Crippen LogP contribution in [0.2, 0.25) is 0 Å². The van der Waals surface area contributed by atoms with E-state index in [1.165, 1.54) is 24.8 Å². The van der Waals surface area contributed by atoms with Crippen LogP contribution in [0, 0.1) is 0 Å². The number of benzene rings is 1. The molecule has 0 aromatic heterocycles. The number of rotatable bonds is 8. The molecular weight excluding hydrogens is 382 g/mol. The number of hydrogen-bond donors (Lipinski definition) is 2. The lowest BCUT2D eigenvalue weighted by Gasteiger charge is -2.38. The first-order valence-corrected chi connectivity index (χ1v) is 10.9. The zero-order valence-corrected chi connectivity index (χ0v) is 17.8. The largest absolute Gasteiger partial charge is 0.490 e. The minimum Gasteiger partial charge on any atom is -0.490 e. The van der Waals surface area contributed by atoms with Crippen LogP contribution in [0.4, 0.5) is 11.4 Å². The Morgan fingerprint density at radius 1 is 1.17 bits per heavy atom. The summed E-state index contributed by atoms with van der Waals surface area (Å²) in [6.45, 7) is 7.68. The number of anilines is 2. The Morgan fingerprint density at radius 2 is 1.93 bits per heavy atom. The van der Waals surface area contributed by atoms with Gasteiger partial charge in [-0.05, 0) is 58.7 Å². The van der Waals surface area contributed by atoms with Crippen molar-refractivity contribution < 1.29 is 9.47 Å². The van der Waals surface area contributed by atoms with E-state index in [0.717, 1.165) is 37.4 Å². The molecule has 2 aliphatic heterocycles. The molecule has 0 saturated carbocycles. The van der Waals surface area contributed by atoms with Crippen molar-refractivity contribution in [2.75, 3.05) is 37.3 Å². The molecule has 7 heteroatoms. The van der Waals surface area contributed by atoms with Crippen LogP contribution in [0.5, 0.6) is 11.5 Å². The third kappa shape index (κ3) is 3.78. The van der Waals surface area contributed by atoms with Gasteiger partial charge in [0.15, 0.2) is 11.5 Å². The topological polar surface area (TPSA) is 93.9 Å². The molecule has 2 aliphatic rings. The Bertz CT molecular complexity index is 971. The van der Waals surface area contributed by atoms with Crippen molar-refractivity contribution in [1.29, 1.82) is 0 Å². The second-order valence-electron chi connectivity index (χ2n) is 8.81. The quantitative estimate of drug-likeness (QED) is 0.508. The highest BCUT2D eigenvalue weighted by atomic mass is 16.5. The standard InChI is InChI=1S/C23H31N3O4/c1-23(2)22(26-12-5-3-6-13-26)15-9-8-10-16(21(15)30-23)29-14-7-4-11-25-18-17(24)19(27)20(18)28/h8-10,22,25H,3-7,11-14,24H2,1-2H3. The molecule has 3 N–H and O–H groups in total. The van der Waals surface area contributed by atoms with Gasteiger partial charge in [0, 0.05) is 12.1 Å². The molecule has 1 atom stereocenters. The lowest BCUT2D eigenvalue weighted by atomic mass is 9.91. The molecule has 7 nitrogen and oxygen atoms in total. The number of unbranched alkanes of at least 4 members (excludes halogenated alkanes) is 1. The van der Waals surface area contributed by atoms with Crippen molar-refractivity contribution in [3.05, 3.63) is 44.2 Å². The summed E-state index contributed by atoms with van der Waals surface area (Å²) in [4.78, 5) is 25.1. The fraction of sp³-hybridized carbons (Fsp3) is 0.565. The third-order valence-electron chi connectivity index (χ3n) is 6.16. The highest BCUT2D eigenvalue weighted by molar-refractivity contribution is 5.71. The van der Waals surface area contributed by atoms with E-state index in [2.05, 4.69) is 30.1 Å². The zero-order chi connectivity index (χ0) is 21.3. The predicted octanol–water partition coefficient (Wildman–Crippen LogP) is 2.83. The Labute approximate surface area is 176 Å². The first-order valence-electron chi connectivity index (χ1n) is 10.9. The van der Waals surface area contributed by atoms with Crippen LogP contribution in [-0.2, 0) is 0 Å². The van der Waals surface area contributed by atoms with Gasteiger partial charge < -0.3 is 20.5 Å². The Kier molecular flexibility index (Phi) is 5.73. The van der Waals surface area contributed by atoms with Crippen molar-refractivity contribution in [1.82, 2.24) is 4.90 Å². The molecule has 0 bridgehead atoms. The monoisotopic (exact) mass is 413 g/mol. The third-order valence-corrected chi connectivity index (χ3v) is 6.16. The maximum absolute atomic E-state index is 11.4. The predicted molar refractivity (Wildman–Crippen MR) is 118 cm³/mol. The Morgan fingerprint density at radius 3 is 2.67 bits per heavy atom. The van der Waals surface area contributed by atoms with Crippen molar-refractivity contribution in [3.63, 3.8) is 0 Å². The van der Waals surface area contributed by atoms with Crippen LogP contribution in [0.15, 0.2) is 27.8 Å². The summed E-state index contributed by atoms with van der Waals surface area (Å²) in [5.74, 6) is 1.66. The van der Waals surface area contributed by atoms with Crippen LogP contribution in [0.1, 0.15) is 57.6 Å². The van der Waals surface area contributed by atoms with Gasteiger partial charge in [0.1, 0.15) is 17.0 Å². The molecule has 2 aromatic rings. The van der Waals surface area contributed by atoms with E-state index >= 15 is 0 Å². The molecule has 2 heterocycles. The van der Waals surface area contributed by atoms with Gasteiger partial charge in [-0.1, -0.05) is 18.6 Å². The molecule has 0 amide bonds. The van der Waals surface area contributed by atoms with Crippen LogP contribution < -0.4 is 31.4 Å². The summed E-state index contributed by atoms with van der Waals surface area (Å²) < 4.78 is 12.4. The molecule has 1 fully saturated rings. The van der Waals surface area contributed by atoms with E-state index in [4.69, 9.17) is 15.2 Å². The molecule has 0 spiro atoms. The van der Waals surface area contributed by atoms with E-state index in [9.17, 15) is 9.59 Å². The molecule has 162 valence electrons. The SMILES string of the molecule is CC1(C)Oc2c(OCCCCNc3c(N)c(=O)c3=O)cccc2C1N1CCCCC1. The number of ether oxygens (including phenoxy) is 2. The normalized spacial score (nSPS) is 20.7. The van der Waals surface area contributed by atoms with Crippen molar-refractivity contribution in [2.24, 2.45) is 0 Å². The van der Waals surface area contributed by atoms with Crippen molar-refractivity contribution >= 4 is 11.4 Å². The number of piperidine rings is 1. The fourth-order valence-electron chi connectivity index (χ4n) is 4.68. The molecule has 1 unspecified atom stereocenters. The van der Waals surface area contributed by atoms with E-state index in [-0.39, 0.29) is 23.0 Å². The second-order valence-corrected chi connectivity index (χ2v) is 8.81. The lowest BCUT2D eigenvalue weighted by molar-refractivity contribution is 0.0185. The second kappa shape index (κ2) is 8.30. The summed E-state index contributed by atoms with van der Waals surface area (Å²) in [5.41, 5.74) is 5.63. The molecule has 2 aromatic carbocycles. The number of nitrogens with one attached hydrogen (secondary N) is 1. The Hall–Kier alpha value is -2.54. The summed E-state index contributed by atoms with van der Waals surface area (Å²) in [7, 11) is 0. The summed E-state index contributed by atoms with van der Waals surface area (Å²) in [6.07, 6.45) is 5.41. The zero-order valence-electron chi connectivity index (χ0n) is 17.8. The number of nitrogens with zero attached hydrogens (tertiary/aromatic N) is 1. The average Bonchev–Trinajstić information content (AvgIpc) is 3.03. The fourth-order valence-corrected chi connectivity index (χ4v) is 4.68. The van der Waals surface area contributed by atoms with Gasteiger partial charge >= 0.3 is 0 Å². The highest BCUT2D eigenvalue weighted by Crippen LogP contribution is 2.51. The number of nitrogens with two attached hydrogens (primary N) is 1. The smallest absolute Gasteiger partial charge is 0.253 e. The molecule has 0 aliphatic carbocycles. The number of fused-ring (bicyclic) bond motifs is 1. The van der Waals surface area contributed by atoms with Gasteiger partial charge in [0.25, 0.3) is 10.9 Å². The van der Waals surface area contributed by atoms with E-state index in [1.54, 1.807) is 0 Å². The van der Waals surface area contributed by atoms with Gasteiger partial charge in [-0.25, -0.2) is 0 Å². The van der Waals surface area contributed by atoms with Crippen molar-refractivity contribution in [2.45, 2.75) is 57.6 Å². The lowest BCUT2D eigenvalue weighted by Crippen LogP contribution is -2.44. The van der Waals surface area contributed by atoms with Crippen molar-refractivity contribution in [3.8, 4) is 11.5 Å². The number of likely N-dealkylation sites (tertiary alicyclic amines) is 1. The molecular formula is C23H31N3O4. The van der Waals surface area contributed by atoms with Gasteiger partial charge in [-0.3, -0.25) is 14.5 Å². The molecule has 30 heavy (non-hydrogen) atoms. The summed E-state index contributed by atoms with van der Waals surface area (Å²) >= 11 is 0. The number of nitrogen functional groups attached to an aromatic ring is 1. The van der Waals surface area contributed by atoms with Gasteiger partial charge in [-0.15, -0.1) is 0 Å². The average molecular weight is 414 g/mol. The van der Waals surface area contributed by atoms with E-state index in [1.807, 2.05) is 12.1 Å². The maximum atomic E-state index is 11.4. The van der Waals surface area contributed by atoms with Crippen LogP contribution in [0.3, 0.4) is 0 Å². The van der Waals surface area contributed by atoms with E-state index in [0.29, 0.717) is 13.2 Å². The summed E-state index contributed by atoms with van der Waals surface area (Å²) in [6, 6.07) is 6.43. The first-order chi connectivity index (χ1) is 14.4. The molecule has 1 saturated heterocycles. The van der Waals surface area contributed by atoms with Gasteiger partial charge in [-0.2, -0.15) is 0 Å². The van der Waals surface area contributed by atoms with Gasteiger partial charge in [0.2, 0.25) is 0 Å². The molecule has 4 rings (SSSR count). The van der Waals surface area contributed by atoms with E-state index < -0.39 is 10.9 Å². The van der Waals surface area contributed by atoms with Gasteiger partial charge in [0.05, 0.1) is 12.6 Å². The van der Waals surface area contributed by atoms with Crippen LogP contribution in [0.25, 0.3) is 0 Å². The number of hydrogen-bond acceptors (Lipinski definition) is 7. The highest BCUT2D eigenvalue weighted by Gasteiger charge is 2.45. The molecule has 0 radical (unpaired) electrons. The Balaban J connectivity index is 1.32. The minimum absolute atomic E-state index is 0.0409.